The fourth-order valence-corrected chi connectivity index (χ4v) is 1.92. The van der Waals surface area contributed by atoms with E-state index in [-0.39, 0.29) is 6.29 Å². The molecule has 1 aromatic heterocycles. The molecule has 0 N–H and O–H groups in total. The van der Waals surface area contributed by atoms with Crippen molar-refractivity contribution in [2.45, 2.75) is 33.6 Å². The van der Waals surface area contributed by atoms with Crippen LogP contribution in [0.3, 0.4) is 0 Å². The molecule has 0 aliphatic heterocycles. The minimum absolute atomic E-state index is 0.280. The molecule has 1 aromatic carbocycles. The molecule has 0 saturated carbocycles. The molecule has 0 aliphatic rings. The van der Waals surface area contributed by atoms with Gasteiger partial charge in [0, 0.05) is 18.8 Å². The maximum Gasteiger partial charge on any atom is 0.176 e. The van der Waals surface area contributed by atoms with Gasteiger partial charge in [-0.3, -0.25) is 0 Å². The van der Waals surface area contributed by atoms with E-state index in [9.17, 15) is 0 Å². The van der Waals surface area contributed by atoms with Crippen LogP contribution in [0.15, 0.2) is 30.5 Å². The van der Waals surface area contributed by atoms with Crippen molar-refractivity contribution in [3.05, 3.63) is 36.0 Å². The third-order valence-corrected chi connectivity index (χ3v) is 2.93. The zero-order valence-corrected chi connectivity index (χ0v) is 12.2. The lowest BCUT2D eigenvalue weighted by molar-refractivity contribution is -0.145. The number of ether oxygens (including phenoxy) is 2. The second-order valence-electron chi connectivity index (χ2n) is 4.53. The topological polar surface area (TPSA) is 49.2 Å². The normalized spacial score (nSPS) is 11.2. The molecule has 5 heteroatoms. The van der Waals surface area contributed by atoms with Crippen molar-refractivity contribution in [3.63, 3.8) is 0 Å². The molecule has 108 valence electrons. The Hall–Kier alpha value is -1.72. The van der Waals surface area contributed by atoms with Gasteiger partial charge in [0.05, 0.1) is 12.7 Å². The maximum atomic E-state index is 5.51. The fraction of sp³-hybridized carbons (Fsp3) is 0.467. The summed E-state index contributed by atoms with van der Waals surface area (Å²) in [5, 5.41) is 8.32. The van der Waals surface area contributed by atoms with Gasteiger partial charge in [0.15, 0.2) is 6.29 Å². The van der Waals surface area contributed by atoms with Crippen molar-refractivity contribution >= 4 is 0 Å². The third-order valence-electron chi connectivity index (χ3n) is 2.93. The summed E-state index contributed by atoms with van der Waals surface area (Å²) in [4.78, 5) is 0. The summed E-state index contributed by atoms with van der Waals surface area (Å²) in [5.41, 5.74) is 3.15. The Balaban J connectivity index is 2.06. The zero-order chi connectivity index (χ0) is 14.4. The number of rotatable bonds is 7. The molecule has 0 atom stereocenters. The van der Waals surface area contributed by atoms with Gasteiger partial charge in [0.2, 0.25) is 0 Å². The van der Waals surface area contributed by atoms with Gasteiger partial charge in [0.25, 0.3) is 0 Å². The SMILES string of the molecule is CCOC(Cn1cc(-c2ccc(C)cc2)nn1)OCC. The Morgan fingerprint density at radius 3 is 2.35 bits per heavy atom. The summed E-state index contributed by atoms with van der Waals surface area (Å²) < 4.78 is 12.8. The Morgan fingerprint density at radius 1 is 1.10 bits per heavy atom. The van der Waals surface area contributed by atoms with Crippen LogP contribution in [0.4, 0.5) is 0 Å². The Labute approximate surface area is 119 Å². The van der Waals surface area contributed by atoms with Gasteiger partial charge in [-0.1, -0.05) is 35.0 Å². The monoisotopic (exact) mass is 275 g/mol. The van der Waals surface area contributed by atoms with Crippen molar-refractivity contribution in [2.24, 2.45) is 0 Å². The molecular formula is C15H21N3O2. The van der Waals surface area contributed by atoms with E-state index in [0.717, 1.165) is 11.3 Å². The second-order valence-corrected chi connectivity index (χ2v) is 4.53. The summed E-state index contributed by atoms with van der Waals surface area (Å²) in [6, 6.07) is 8.23. The predicted octanol–water partition coefficient (Wildman–Crippen LogP) is 2.65. The molecule has 0 unspecified atom stereocenters. The quantitative estimate of drug-likeness (QED) is 0.729. The third kappa shape index (κ3) is 3.88. The average Bonchev–Trinajstić information content (AvgIpc) is 2.89. The number of aryl methyl sites for hydroxylation is 1. The van der Waals surface area contributed by atoms with Crippen molar-refractivity contribution < 1.29 is 9.47 Å². The number of benzene rings is 1. The fourth-order valence-electron chi connectivity index (χ4n) is 1.92. The molecule has 0 amide bonds. The van der Waals surface area contributed by atoms with E-state index >= 15 is 0 Å². The lowest BCUT2D eigenvalue weighted by Crippen LogP contribution is -2.24. The lowest BCUT2D eigenvalue weighted by Gasteiger charge is -2.16. The van der Waals surface area contributed by atoms with Gasteiger partial charge >= 0.3 is 0 Å². The van der Waals surface area contributed by atoms with E-state index in [1.807, 2.05) is 32.2 Å². The lowest BCUT2D eigenvalue weighted by atomic mass is 10.1. The van der Waals surface area contributed by atoms with Crippen LogP contribution in [0.25, 0.3) is 11.3 Å². The molecule has 20 heavy (non-hydrogen) atoms. The van der Waals surface area contributed by atoms with Crippen LogP contribution in [-0.4, -0.2) is 34.5 Å². The van der Waals surface area contributed by atoms with Gasteiger partial charge in [-0.25, -0.2) is 4.68 Å². The molecular weight excluding hydrogens is 254 g/mol. The summed E-state index contributed by atoms with van der Waals surface area (Å²) in [5.74, 6) is 0. The second kappa shape index (κ2) is 7.17. The number of aromatic nitrogens is 3. The van der Waals surface area contributed by atoms with Crippen molar-refractivity contribution in [3.8, 4) is 11.3 Å². The first-order valence-electron chi connectivity index (χ1n) is 6.93. The smallest absolute Gasteiger partial charge is 0.176 e. The Kier molecular flexibility index (Phi) is 5.26. The molecule has 0 spiro atoms. The standard InChI is InChI=1S/C15H21N3O2/c1-4-19-15(20-5-2)11-18-10-14(16-17-18)13-8-6-12(3)7-9-13/h6-10,15H,4-5,11H2,1-3H3. The largest absolute Gasteiger partial charge is 0.351 e. The molecule has 0 fully saturated rings. The molecule has 0 bridgehead atoms. The Morgan fingerprint density at radius 2 is 1.75 bits per heavy atom. The predicted molar refractivity (Wildman–Crippen MR) is 77.2 cm³/mol. The number of nitrogens with zero attached hydrogens (tertiary/aromatic N) is 3. The van der Waals surface area contributed by atoms with E-state index in [0.29, 0.717) is 19.8 Å². The highest BCUT2D eigenvalue weighted by atomic mass is 16.7. The van der Waals surface area contributed by atoms with E-state index in [1.54, 1.807) is 4.68 Å². The van der Waals surface area contributed by atoms with Crippen LogP contribution in [-0.2, 0) is 16.0 Å². The van der Waals surface area contributed by atoms with Gasteiger partial charge in [-0.2, -0.15) is 0 Å². The number of hydrogen-bond donors (Lipinski definition) is 0. The highest BCUT2D eigenvalue weighted by Gasteiger charge is 2.11. The van der Waals surface area contributed by atoms with Crippen molar-refractivity contribution in [2.75, 3.05) is 13.2 Å². The van der Waals surface area contributed by atoms with Crippen LogP contribution >= 0.6 is 0 Å². The summed E-state index contributed by atoms with van der Waals surface area (Å²) in [7, 11) is 0. The van der Waals surface area contributed by atoms with Crippen LogP contribution in [0.5, 0.6) is 0 Å². The molecule has 1 heterocycles. The molecule has 0 aliphatic carbocycles. The van der Waals surface area contributed by atoms with E-state index in [4.69, 9.17) is 9.47 Å². The highest BCUT2D eigenvalue weighted by Crippen LogP contribution is 2.16. The zero-order valence-electron chi connectivity index (χ0n) is 12.2. The van der Waals surface area contributed by atoms with Gasteiger partial charge in [0.1, 0.15) is 5.69 Å². The summed E-state index contributed by atoms with van der Waals surface area (Å²) in [6.45, 7) is 7.74. The first-order valence-corrected chi connectivity index (χ1v) is 6.93. The highest BCUT2D eigenvalue weighted by molar-refractivity contribution is 5.57. The summed E-state index contributed by atoms with van der Waals surface area (Å²) >= 11 is 0. The van der Waals surface area contributed by atoms with Crippen LogP contribution in [0.2, 0.25) is 0 Å². The van der Waals surface area contributed by atoms with Crippen molar-refractivity contribution in [1.29, 1.82) is 0 Å². The van der Waals surface area contributed by atoms with Gasteiger partial charge in [-0.05, 0) is 20.8 Å². The molecule has 0 saturated heterocycles. The first-order chi connectivity index (χ1) is 9.72. The first kappa shape index (κ1) is 14.7. The molecule has 2 aromatic rings. The van der Waals surface area contributed by atoms with Gasteiger partial charge < -0.3 is 9.47 Å². The Bertz CT molecular complexity index is 516. The van der Waals surface area contributed by atoms with Crippen LogP contribution in [0.1, 0.15) is 19.4 Å². The number of hydrogen-bond acceptors (Lipinski definition) is 4. The van der Waals surface area contributed by atoms with Crippen molar-refractivity contribution in [1.82, 2.24) is 15.0 Å². The summed E-state index contributed by atoms with van der Waals surface area (Å²) in [6.07, 6.45) is 1.63. The minimum Gasteiger partial charge on any atom is -0.351 e. The van der Waals surface area contributed by atoms with Gasteiger partial charge in [-0.15, -0.1) is 5.10 Å². The maximum absolute atomic E-state index is 5.51. The van der Waals surface area contributed by atoms with E-state index in [2.05, 4.69) is 29.4 Å². The van der Waals surface area contributed by atoms with E-state index < -0.39 is 0 Å². The molecule has 2 rings (SSSR count). The van der Waals surface area contributed by atoms with Crippen LogP contribution < -0.4 is 0 Å². The molecule has 5 nitrogen and oxygen atoms in total. The van der Waals surface area contributed by atoms with E-state index in [1.165, 1.54) is 5.56 Å². The molecule has 0 radical (unpaired) electrons. The van der Waals surface area contributed by atoms with Crippen LogP contribution in [0, 0.1) is 6.92 Å². The minimum atomic E-state index is -0.280. The average molecular weight is 275 g/mol.